The number of hydrazine groups is 1. The Hall–Kier alpha value is -0.610. The van der Waals surface area contributed by atoms with Gasteiger partial charge in [0.15, 0.2) is 0 Å². The molecule has 0 bridgehead atoms. The van der Waals surface area contributed by atoms with E-state index in [1.807, 2.05) is 0 Å². The van der Waals surface area contributed by atoms with E-state index in [2.05, 4.69) is 12.3 Å². The first kappa shape index (κ1) is 13.5. The first-order chi connectivity index (χ1) is 7.76. The van der Waals surface area contributed by atoms with Crippen molar-refractivity contribution in [2.45, 2.75) is 51.5 Å². The van der Waals surface area contributed by atoms with Gasteiger partial charge in [-0.1, -0.05) is 26.2 Å². The molecule has 0 heterocycles. The molecule has 0 spiro atoms. The Bertz CT molecular complexity index is 212. The summed E-state index contributed by atoms with van der Waals surface area (Å²) in [6.07, 6.45) is 7.27. The van der Waals surface area contributed by atoms with Gasteiger partial charge in [0.2, 0.25) is 0 Å². The van der Waals surface area contributed by atoms with Gasteiger partial charge in [0, 0.05) is 20.1 Å². The smallest absolute Gasteiger partial charge is 0.111 e. The second-order valence-electron chi connectivity index (χ2n) is 4.78. The van der Waals surface area contributed by atoms with Crippen LogP contribution in [-0.4, -0.2) is 25.6 Å². The SMILES string of the molecule is COCC(C)CC(=NC1CCCCC1)NN. The van der Waals surface area contributed by atoms with Gasteiger partial charge >= 0.3 is 0 Å². The summed E-state index contributed by atoms with van der Waals surface area (Å²) >= 11 is 0. The highest BCUT2D eigenvalue weighted by atomic mass is 16.5. The third-order valence-corrected chi connectivity index (χ3v) is 3.07. The van der Waals surface area contributed by atoms with Crippen LogP contribution in [0.4, 0.5) is 0 Å². The summed E-state index contributed by atoms with van der Waals surface area (Å²) in [4.78, 5) is 4.70. The van der Waals surface area contributed by atoms with E-state index in [4.69, 9.17) is 15.6 Å². The Morgan fingerprint density at radius 3 is 2.69 bits per heavy atom. The van der Waals surface area contributed by atoms with Crippen molar-refractivity contribution in [3.05, 3.63) is 0 Å². The monoisotopic (exact) mass is 227 g/mol. The topological polar surface area (TPSA) is 59.6 Å². The summed E-state index contributed by atoms with van der Waals surface area (Å²) in [5.41, 5.74) is 2.73. The summed E-state index contributed by atoms with van der Waals surface area (Å²) in [5, 5.41) is 0. The highest BCUT2D eigenvalue weighted by Gasteiger charge is 2.14. The number of nitrogens with zero attached hydrogens (tertiary/aromatic N) is 1. The van der Waals surface area contributed by atoms with Crippen LogP contribution in [0.25, 0.3) is 0 Å². The van der Waals surface area contributed by atoms with Crippen LogP contribution in [0, 0.1) is 5.92 Å². The molecule has 4 nitrogen and oxygen atoms in total. The average molecular weight is 227 g/mol. The Kier molecular flexibility index (Phi) is 6.42. The zero-order valence-corrected chi connectivity index (χ0v) is 10.5. The number of hydrogen-bond donors (Lipinski definition) is 2. The Labute approximate surface area is 98.6 Å². The molecule has 1 fully saturated rings. The van der Waals surface area contributed by atoms with Gasteiger partial charge in [0.1, 0.15) is 5.84 Å². The van der Waals surface area contributed by atoms with E-state index in [0.717, 1.165) is 18.9 Å². The van der Waals surface area contributed by atoms with Gasteiger partial charge in [-0.15, -0.1) is 0 Å². The standard InChI is InChI=1S/C12H25N3O/c1-10(9-16-2)8-12(15-13)14-11-6-4-3-5-7-11/h10-11H,3-9,13H2,1-2H3,(H,14,15). The van der Waals surface area contributed by atoms with Crippen LogP contribution >= 0.6 is 0 Å². The molecule has 0 aromatic heterocycles. The van der Waals surface area contributed by atoms with E-state index in [1.165, 1.54) is 32.1 Å². The molecule has 1 aliphatic carbocycles. The van der Waals surface area contributed by atoms with Crippen molar-refractivity contribution in [1.29, 1.82) is 0 Å². The van der Waals surface area contributed by atoms with Gasteiger partial charge in [-0.05, 0) is 18.8 Å². The number of methoxy groups -OCH3 is 1. The van der Waals surface area contributed by atoms with E-state index < -0.39 is 0 Å². The highest BCUT2D eigenvalue weighted by Crippen LogP contribution is 2.20. The van der Waals surface area contributed by atoms with Gasteiger partial charge < -0.3 is 10.2 Å². The van der Waals surface area contributed by atoms with Crippen LogP contribution in [-0.2, 0) is 4.74 Å². The number of hydrogen-bond acceptors (Lipinski definition) is 3. The molecule has 0 saturated heterocycles. The fourth-order valence-electron chi connectivity index (χ4n) is 2.25. The second kappa shape index (κ2) is 7.63. The molecule has 1 saturated carbocycles. The lowest BCUT2D eigenvalue weighted by Gasteiger charge is -2.20. The molecule has 0 aromatic rings. The van der Waals surface area contributed by atoms with Crippen molar-refractivity contribution >= 4 is 5.84 Å². The summed E-state index contributed by atoms with van der Waals surface area (Å²) < 4.78 is 5.12. The van der Waals surface area contributed by atoms with Crippen LogP contribution in [0.1, 0.15) is 45.4 Å². The zero-order valence-electron chi connectivity index (χ0n) is 10.5. The molecule has 1 atom stereocenters. The van der Waals surface area contributed by atoms with Gasteiger partial charge in [0.05, 0.1) is 6.04 Å². The minimum Gasteiger partial charge on any atom is -0.384 e. The Morgan fingerprint density at radius 2 is 2.12 bits per heavy atom. The summed E-state index contributed by atoms with van der Waals surface area (Å²) in [6, 6.07) is 0.481. The molecule has 3 N–H and O–H groups in total. The predicted molar refractivity (Wildman–Crippen MR) is 67.3 cm³/mol. The maximum absolute atomic E-state index is 5.51. The van der Waals surface area contributed by atoms with Crippen molar-refractivity contribution in [3.63, 3.8) is 0 Å². The number of nitrogens with two attached hydrogens (primary N) is 1. The van der Waals surface area contributed by atoms with Crippen LogP contribution in [0.15, 0.2) is 4.99 Å². The largest absolute Gasteiger partial charge is 0.384 e. The molecule has 0 aliphatic heterocycles. The molecule has 0 aromatic carbocycles. The average Bonchev–Trinajstić information content (AvgIpc) is 2.30. The first-order valence-electron chi connectivity index (χ1n) is 6.28. The molecular weight excluding hydrogens is 202 g/mol. The first-order valence-corrected chi connectivity index (χ1v) is 6.28. The summed E-state index contributed by atoms with van der Waals surface area (Å²) in [7, 11) is 1.73. The Morgan fingerprint density at radius 1 is 1.44 bits per heavy atom. The lowest BCUT2D eigenvalue weighted by atomic mass is 9.96. The van der Waals surface area contributed by atoms with E-state index in [-0.39, 0.29) is 0 Å². The number of amidine groups is 1. The van der Waals surface area contributed by atoms with E-state index in [9.17, 15) is 0 Å². The molecule has 1 unspecified atom stereocenters. The predicted octanol–water partition coefficient (Wildman–Crippen LogP) is 1.85. The highest BCUT2D eigenvalue weighted by molar-refractivity contribution is 5.81. The van der Waals surface area contributed by atoms with Crippen molar-refractivity contribution in [2.75, 3.05) is 13.7 Å². The summed E-state index contributed by atoms with van der Waals surface area (Å²) in [6.45, 7) is 2.91. The van der Waals surface area contributed by atoms with Crippen LogP contribution in [0.3, 0.4) is 0 Å². The fraction of sp³-hybridized carbons (Fsp3) is 0.917. The van der Waals surface area contributed by atoms with Crippen molar-refractivity contribution in [1.82, 2.24) is 5.43 Å². The molecule has 1 aliphatic rings. The van der Waals surface area contributed by atoms with Gasteiger partial charge in [-0.2, -0.15) is 0 Å². The zero-order chi connectivity index (χ0) is 11.8. The molecule has 4 heteroatoms. The second-order valence-corrected chi connectivity index (χ2v) is 4.78. The van der Waals surface area contributed by atoms with Crippen molar-refractivity contribution in [2.24, 2.45) is 16.8 Å². The number of nitrogens with one attached hydrogen (secondary N) is 1. The van der Waals surface area contributed by atoms with Crippen molar-refractivity contribution in [3.8, 4) is 0 Å². The number of aliphatic imine (C=N–C) groups is 1. The van der Waals surface area contributed by atoms with Gasteiger partial charge in [-0.3, -0.25) is 4.99 Å². The molecular formula is C12H25N3O. The maximum Gasteiger partial charge on any atom is 0.111 e. The summed E-state index contributed by atoms with van der Waals surface area (Å²) in [5.74, 6) is 6.90. The van der Waals surface area contributed by atoms with Crippen LogP contribution in [0.5, 0.6) is 0 Å². The lowest BCUT2D eigenvalue weighted by Crippen LogP contribution is -2.33. The maximum atomic E-state index is 5.51. The van der Waals surface area contributed by atoms with E-state index in [1.54, 1.807) is 7.11 Å². The molecule has 0 amide bonds. The Balaban J connectivity index is 2.41. The number of ether oxygens (including phenoxy) is 1. The minimum absolute atomic E-state index is 0.461. The van der Waals surface area contributed by atoms with Gasteiger partial charge in [-0.25, -0.2) is 5.84 Å². The molecule has 1 rings (SSSR count). The third-order valence-electron chi connectivity index (χ3n) is 3.07. The molecule has 94 valence electrons. The van der Waals surface area contributed by atoms with E-state index in [0.29, 0.717) is 12.0 Å². The van der Waals surface area contributed by atoms with Crippen molar-refractivity contribution < 1.29 is 4.74 Å². The lowest BCUT2D eigenvalue weighted by molar-refractivity contribution is 0.162. The normalized spacial score (nSPS) is 20.8. The molecule has 0 radical (unpaired) electrons. The van der Waals surface area contributed by atoms with Crippen LogP contribution < -0.4 is 11.3 Å². The van der Waals surface area contributed by atoms with E-state index >= 15 is 0 Å². The van der Waals surface area contributed by atoms with Gasteiger partial charge in [0.25, 0.3) is 0 Å². The van der Waals surface area contributed by atoms with Crippen LogP contribution in [0.2, 0.25) is 0 Å². The quantitative estimate of drug-likeness (QED) is 0.326. The minimum atomic E-state index is 0.461. The number of rotatable bonds is 5. The third kappa shape index (κ3) is 4.94. The molecule has 16 heavy (non-hydrogen) atoms. The fourth-order valence-corrected chi connectivity index (χ4v) is 2.25.